The first-order chi connectivity index (χ1) is 21.4. The van der Waals surface area contributed by atoms with Gasteiger partial charge in [0.2, 0.25) is 0 Å². The van der Waals surface area contributed by atoms with Crippen molar-refractivity contribution < 1.29 is 52.8 Å². The largest absolute Gasteiger partial charge is 1.00 e. The number of rotatable bonds is 0. The smallest absolute Gasteiger partial charge is 0.562 e. The molecule has 0 N–H and O–H groups in total. The number of hydrogen-bond acceptors (Lipinski definition) is 0. The van der Waals surface area contributed by atoms with Crippen LogP contribution in [-0.2, 0) is 0 Å². The third-order valence-electron chi connectivity index (χ3n) is 10.00. The maximum atomic E-state index is 6.12. The molecule has 2 heteroatoms. The van der Waals surface area contributed by atoms with E-state index in [0.29, 0.717) is 6.64 Å². The van der Waals surface area contributed by atoms with E-state index in [1.165, 1.54) is 257 Å². The molecule has 0 atom stereocenters. The molecular formula is C41H84KP. The van der Waals surface area contributed by atoms with Crippen LogP contribution in [0.15, 0.2) is 0 Å². The zero-order valence-electron chi connectivity index (χ0n) is 31.5. The van der Waals surface area contributed by atoms with E-state index in [0.717, 1.165) is 0 Å². The van der Waals surface area contributed by atoms with Gasteiger partial charge >= 0.3 is 51.4 Å². The standard InChI is InChI=1S/10C4H8.CH4P.K/c10*1-2-4-3-1;1-2;/h10*1-4H2;2H,1H3;/q;;;;;;;;;;-1;+1/i;;;;;;;;;;1T;. The summed E-state index contributed by atoms with van der Waals surface area (Å²) in [5.41, 5.74) is 0. The Labute approximate surface area is 322 Å². The molecule has 0 spiro atoms. The first-order valence-electron chi connectivity index (χ1n) is 21.1. The molecule has 0 saturated heterocycles. The summed E-state index contributed by atoms with van der Waals surface area (Å²) >= 11 is 0. The fraction of sp³-hybridized carbons (Fsp3) is 1.00. The summed E-state index contributed by atoms with van der Waals surface area (Å²) in [4.78, 5) is 0. The van der Waals surface area contributed by atoms with Gasteiger partial charge in [-0.25, -0.2) is 0 Å². The molecule has 0 aromatic carbocycles. The van der Waals surface area contributed by atoms with E-state index in [9.17, 15) is 0 Å². The van der Waals surface area contributed by atoms with Crippen LogP contribution in [0.1, 0.15) is 258 Å². The second-order valence-corrected chi connectivity index (χ2v) is 14.1. The second kappa shape index (κ2) is 46.2. The molecule has 0 heterocycles. The summed E-state index contributed by atoms with van der Waals surface area (Å²) in [6.07, 6.45) is 60.0. The Bertz CT molecular complexity index is 247. The molecule has 0 radical (unpaired) electrons. The monoisotopic (exact) mass is 649 g/mol. The fourth-order valence-electron chi connectivity index (χ4n) is 2.50. The maximum absolute atomic E-state index is 6.12. The Morgan fingerprint density at radius 3 is 0.233 bits per heavy atom. The van der Waals surface area contributed by atoms with Gasteiger partial charge < -0.3 is 9.24 Å². The van der Waals surface area contributed by atoms with Crippen molar-refractivity contribution in [3.05, 3.63) is 0 Å². The van der Waals surface area contributed by atoms with Gasteiger partial charge in [-0.2, -0.15) is 6.64 Å². The van der Waals surface area contributed by atoms with Gasteiger partial charge in [0.1, 0.15) is 0 Å². The van der Waals surface area contributed by atoms with Crippen molar-refractivity contribution in [2.24, 2.45) is 0 Å². The van der Waals surface area contributed by atoms with Crippen LogP contribution in [0.2, 0.25) is 0 Å². The zero-order valence-corrected chi connectivity index (χ0v) is 34.6. The molecule has 10 saturated carbocycles. The molecule has 10 aliphatic rings. The van der Waals surface area contributed by atoms with E-state index >= 15 is 0 Å². The molecule has 0 amide bonds. The maximum Gasteiger partial charge on any atom is 1.00 e. The zero-order chi connectivity index (χ0) is 31.0. The van der Waals surface area contributed by atoms with Crippen LogP contribution < -0.4 is 51.4 Å². The molecule has 0 aliphatic heterocycles. The molecule has 0 bridgehead atoms. The van der Waals surface area contributed by atoms with Gasteiger partial charge in [-0.1, -0.05) is 257 Å². The van der Waals surface area contributed by atoms with Crippen molar-refractivity contribution in [1.82, 2.24) is 0 Å². The quantitative estimate of drug-likeness (QED) is 0.181. The average Bonchev–Trinajstić information content (AvgIpc) is 2.45. The summed E-state index contributed by atoms with van der Waals surface area (Å²) in [5, 5.41) is 0. The van der Waals surface area contributed by atoms with E-state index in [2.05, 4.69) is 9.24 Å². The molecular weight excluding hydrogens is 563 g/mol. The molecule has 10 rings (SSSR count). The van der Waals surface area contributed by atoms with Crippen molar-refractivity contribution in [1.29, 1.82) is 0 Å². The minimum absolute atomic E-state index is 0. The second-order valence-electron chi connectivity index (χ2n) is 14.1. The first-order valence-corrected chi connectivity index (χ1v) is 21.1. The summed E-state index contributed by atoms with van der Waals surface area (Å²) in [5.74, 6) is 0. The van der Waals surface area contributed by atoms with E-state index in [1.807, 2.05) is 0 Å². The average molecular weight is 649 g/mol. The van der Waals surface area contributed by atoms with E-state index in [4.69, 9.17) is 1.37 Å². The van der Waals surface area contributed by atoms with Crippen molar-refractivity contribution in [3.63, 3.8) is 0 Å². The Hall–Kier alpha value is 2.07. The van der Waals surface area contributed by atoms with Crippen LogP contribution in [-0.4, -0.2) is 6.64 Å². The van der Waals surface area contributed by atoms with Crippen LogP contribution in [0.3, 0.4) is 0 Å². The molecule has 254 valence electrons. The van der Waals surface area contributed by atoms with Crippen molar-refractivity contribution in [2.45, 2.75) is 257 Å². The Morgan fingerprint density at radius 2 is 0.233 bits per heavy atom. The molecule has 10 aliphatic carbocycles. The first kappa shape index (κ1) is 45.1. The Balaban J connectivity index is 0. The van der Waals surface area contributed by atoms with Crippen LogP contribution >= 0.6 is 9.24 Å². The minimum atomic E-state index is 0. The topological polar surface area (TPSA) is 0 Å². The van der Waals surface area contributed by atoms with Gasteiger partial charge in [-0.3, -0.25) is 0 Å². The normalized spacial score (nSPS) is 22.8. The molecule has 0 unspecified atom stereocenters. The van der Waals surface area contributed by atoms with Gasteiger partial charge in [0, 0.05) is 0 Å². The summed E-state index contributed by atoms with van der Waals surface area (Å²) < 4.78 is 6.12. The predicted octanol–water partition coefficient (Wildman–Crippen LogP) is 13.4. The van der Waals surface area contributed by atoms with E-state index in [-0.39, 0.29) is 51.4 Å². The van der Waals surface area contributed by atoms with Crippen molar-refractivity contribution >= 4 is 9.24 Å². The van der Waals surface area contributed by atoms with Gasteiger partial charge in [-0.05, 0) is 1.37 Å². The number of hydrogen-bond donors (Lipinski definition) is 0. The summed E-state index contributed by atoms with van der Waals surface area (Å²) in [6, 6.07) is 0. The fourth-order valence-corrected chi connectivity index (χ4v) is 2.50. The Morgan fingerprint density at radius 1 is 0.209 bits per heavy atom. The Kier molecular flexibility index (Phi) is 48.4. The van der Waals surface area contributed by atoms with Crippen molar-refractivity contribution in [2.75, 3.05) is 6.64 Å². The van der Waals surface area contributed by atoms with Gasteiger partial charge in [-0.15, -0.1) is 0 Å². The molecule has 0 aromatic rings. The van der Waals surface area contributed by atoms with Crippen LogP contribution in [0.25, 0.3) is 0 Å². The van der Waals surface area contributed by atoms with Crippen LogP contribution in [0.4, 0.5) is 0 Å². The van der Waals surface area contributed by atoms with E-state index < -0.39 is 0 Å². The van der Waals surface area contributed by atoms with Gasteiger partial charge in [0.25, 0.3) is 0 Å². The van der Waals surface area contributed by atoms with Crippen molar-refractivity contribution in [3.8, 4) is 0 Å². The van der Waals surface area contributed by atoms with Gasteiger partial charge in [0.05, 0.1) is 0 Å². The summed E-state index contributed by atoms with van der Waals surface area (Å²) in [7, 11) is 2.85. The minimum Gasteiger partial charge on any atom is -0.562 e. The van der Waals surface area contributed by atoms with Crippen LogP contribution in [0.5, 0.6) is 0 Å². The third kappa shape index (κ3) is 44.1. The molecule has 10 fully saturated rings. The SMILES string of the molecule is C1CCC1.C1CCC1.C1CCC1.C1CCC1.C1CCC1.C1CCC1.C1CCC1.C1CCC1.C1CCC1.C1CCC1.[3H]C[PH-].[K+]. The molecule has 0 nitrogen and oxygen atoms in total. The summed E-state index contributed by atoms with van der Waals surface area (Å²) in [6.45, 7) is 0.306. The van der Waals surface area contributed by atoms with Crippen LogP contribution in [0, 0.1) is 0 Å². The molecule has 43 heavy (non-hydrogen) atoms. The van der Waals surface area contributed by atoms with E-state index in [1.54, 1.807) is 0 Å². The van der Waals surface area contributed by atoms with Gasteiger partial charge in [0.15, 0.2) is 0 Å². The third-order valence-corrected chi connectivity index (χ3v) is 10.00. The molecule has 0 aromatic heterocycles. The predicted molar refractivity (Wildman–Crippen MR) is 199 cm³/mol.